The van der Waals surface area contributed by atoms with Crippen molar-refractivity contribution in [2.24, 2.45) is 5.92 Å². The van der Waals surface area contributed by atoms with Gasteiger partial charge < -0.3 is 5.32 Å². The van der Waals surface area contributed by atoms with Gasteiger partial charge in [-0.25, -0.2) is 4.79 Å². The van der Waals surface area contributed by atoms with Gasteiger partial charge in [0.25, 0.3) is 5.91 Å². The molecule has 28 heavy (non-hydrogen) atoms. The molecule has 0 spiro atoms. The fourth-order valence-corrected chi connectivity index (χ4v) is 3.80. The lowest BCUT2D eigenvalue weighted by atomic mass is 9.83. The average molecular weight is 375 g/mol. The Balaban J connectivity index is 1.69. The van der Waals surface area contributed by atoms with Gasteiger partial charge in [0.1, 0.15) is 0 Å². The van der Waals surface area contributed by atoms with E-state index in [9.17, 15) is 14.4 Å². The Labute approximate surface area is 163 Å². The summed E-state index contributed by atoms with van der Waals surface area (Å²) in [7, 11) is 0. The topological polar surface area (TPSA) is 78.5 Å². The van der Waals surface area contributed by atoms with Crippen molar-refractivity contribution in [2.75, 3.05) is 0 Å². The smallest absolute Gasteiger partial charge is 0.314 e. The molecule has 1 aliphatic heterocycles. The van der Waals surface area contributed by atoms with Crippen LogP contribution in [0.1, 0.15) is 30.4 Å². The first-order chi connectivity index (χ1) is 13.6. The number of imide groups is 1. The molecule has 1 aliphatic carbocycles. The molecule has 1 heterocycles. The molecule has 2 aliphatic rings. The highest BCUT2D eigenvalue weighted by Crippen LogP contribution is 2.35. The second-order valence-corrected chi connectivity index (χ2v) is 7.01. The normalized spacial score (nSPS) is 20.7. The van der Waals surface area contributed by atoms with E-state index in [1.54, 1.807) is 24.3 Å². The Bertz CT molecular complexity index is 885. The third-order valence-electron chi connectivity index (χ3n) is 5.30. The maximum absolute atomic E-state index is 13.5. The molecule has 1 saturated heterocycles. The zero-order valence-corrected chi connectivity index (χ0v) is 15.3. The minimum absolute atomic E-state index is 0.242. The molecule has 2 N–H and O–H groups in total. The molecule has 1 atom stereocenters. The summed E-state index contributed by atoms with van der Waals surface area (Å²) in [5.41, 5.74) is 2.44. The number of rotatable bonds is 4. The van der Waals surface area contributed by atoms with Gasteiger partial charge in [-0.15, -0.1) is 0 Å². The molecule has 0 radical (unpaired) electrons. The first-order valence-electron chi connectivity index (χ1n) is 9.36. The van der Waals surface area contributed by atoms with E-state index in [-0.39, 0.29) is 11.8 Å². The van der Waals surface area contributed by atoms with E-state index in [2.05, 4.69) is 10.7 Å². The molecule has 0 bridgehead atoms. The minimum atomic E-state index is -1.38. The molecule has 6 heteroatoms. The lowest BCUT2D eigenvalue weighted by molar-refractivity contribution is -0.140. The number of nitrogens with zero attached hydrogens (tertiary/aromatic N) is 1. The molecule has 2 aromatic rings. The molecule has 6 nitrogen and oxygen atoms in total. The minimum Gasteiger partial charge on any atom is -0.314 e. The van der Waals surface area contributed by atoms with Crippen molar-refractivity contribution in [1.29, 1.82) is 0 Å². The summed E-state index contributed by atoms with van der Waals surface area (Å²) in [6, 6.07) is 17.5. The highest BCUT2D eigenvalue weighted by molar-refractivity contribution is 6.10. The number of hydrazine groups is 1. The molecular weight excluding hydrogens is 354 g/mol. The number of hydrogen-bond donors (Lipinski definition) is 2. The Morgan fingerprint density at radius 2 is 1.57 bits per heavy atom. The van der Waals surface area contributed by atoms with Gasteiger partial charge in [0.15, 0.2) is 5.54 Å². The number of benzene rings is 2. The van der Waals surface area contributed by atoms with E-state index in [0.717, 1.165) is 11.4 Å². The van der Waals surface area contributed by atoms with Crippen LogP contribution in [0.3, 0.4) is 0 Å². The van der Waals surface area contributed by atoms with Gasteiger partial charge in [0, 0.05) is 5.92 Å². The van der Waals surface area contributed by atoms with Crippen molar-refractivity contribution in [1.82, 2.24) is 15.8 Å². The Kier molecular flexibility index (Phi) is 4.69. The van der Waals surface area contributed by atoms with E-state index < -0.39 is 17.5 Å². The maximum Gasteiger partial charge on any atom is 0.344 e. The van der Waals surface area contributed by atoms with Gasteiger partial charge in [0.2, 0.25) is 5.91 Å². The second-order valence-electron chi connectivity index (χ2n) is 7.01. The van der Waals surface area contributed by atoms with Gasteiger partial charge in [-0.2, -0.15) is 5.01 Å². The van der Waals surface area contributed by atoms with Crippen LogP contribution in [0, 0.1) is 5.92 Å². The first kappa shape index (κ1) is 18.0. The monoisotopic (exact) mass is 375 g/mol. The third kappa shape index (κ3) is 2.97. The summed E-state index contributed by atoms with van der Waals surface area (Å²) in [6.45, 7) is 0. The number of hydrogen-bond acceptors (Lipinski definition) is 3. The molecule has 0 aromatic heterocycles. The van der Waals surface area contributed by atoms with Gasteiger partial charge >= 0.3 is 6.03 Å². The van der Waals surface area contributed by atoms with Crippen LogP contribution in [0.2, 0.25) is 0 Å². The van der Waals surface area contributed by atoms with Crippen LogP contribution in [0.4, 0.5) is 4.79 Å². The van der Waals surface area contributed by atoms with E-state index in [1.807, 2.05) is 48.6 Å². The van der Waals surface area contributed by atoms with Crippen molar-refractivity contribution >= 4 is 17.8 Å². The van der Waals surface area contributed by atoms with Crippen LogP contribution >= 0.6 is 0 Å². The van der Waals surface area contributed by atoms with Gasteiger partial charge in [0.05, 0.1) is 0 Å². The van der Waals surface area contributed by atoms with Gasteiger partial charge in [-0.1, -0.05) is 72.8 Å². The van der Waals surface area contributed by atoms with Crippen molar-refractivity contribution < 1.29 is 14.4 Å². The highest BCUT2D eigenvalue weighted by Gasteiger charge is 2.54. The zero-order valence-electron chi connectivity index (χ0n) is 15.3. The number of carbonyl (C=O) groups is 3. The number of amides is 4. The summed E-state index contributed by atoms with van der Waals surface area (Å²) in [4.78, 5) is 38.8. The van der Waals surface area contributed by atoms with Crippen LogP contribution in [-0.4, -0.2) is 22.9 Å². The third-order valence-corrected chi connectivity index (χ3v) is 5.30. The number of allylic oxidation sites excluding steroid dienone is 2. The molecular formula is C22H21N3O3. The number of nitrogens with one attached hydrogen (secondary N) is 2. The number of urea groups is 1. The molecule has 4 amide bonds. The Morgan fingerprint density at radius 1 is 0.964 bits per heavy atom. The van der Waals surface area contributed by atoms with E-state index in [1.165, 1.54) is 0 Å². The van der Waals surface area contributed by atoms with Crippen molar-refractivity contribution in [2.45, 2.75) is 24.8 Å². The summed E-state index contributed by atoms with van der Waals surface area (Å²) in [5.74, 6) is -1.08. The lowest BCUT2D eigenvalue weighted by Gasteiger charge is -2.28. The molecule has 4 rings (SSSR count). The molecule has 1 unspecified atom stereocenters. The second kappa shape index (κ2) is 7.31. The summed E-state index contributed by atoms with van der Waals surface area (Å²) >= 11 is 0. The van der Waals surface area contributed by atoms with E-state index in [4.69, 9.17) is 0 Å². The fraction of sp³-hybridized carbons (Fsp3) is 0.227. The summed E-state index contributed by atoms with van der Waals surface area (Å²) < 4.78 is 0. The van der Waals surface area contributed by atoms with Crippen LogP contribution in [0.15, 0.2) is 72.8 Å². The average Bonchev–Trinajstić information content (AvgIpc) is 3.01. The van der Waals surface area contributed by atoms with Crippen molar-refractivity contribution in [3.63, 3.8) is 0 Å². The lowest BCUT2D eigenvalue weighted by Crippen LogP contribution is -2.50. The molecule has 0 saturated carbocycles. The van der Waals surface area contributed by atoms with Crippen LogP contribution in [-0.2, 0) is 15.1 Å². The predicted octanol–water partition coefficient (Wildman–Crippen LogP) is 2.87. The van der Waals surface area contributed by atoms with Crippen LogP contribution < -0.4 is 10.7 Å². The Hall–Kier alpha value is -3.41. The van der Waals surface area contributed by atoms with Crippen molar-refractivity contribution in [3.05, 3.63) is 83.9 Å². The Morgan fingerprint density at radius 3 is 2.11 bits per heavy atom. The van der Waals surface area contributed by atoms with Crippen LogP contribution in [0.5, 0.6) is 0 Å². The summed E-state index contributed by atoms with van der Waals surface area (Å²) in [6.07, 6.45) is 6.12. The first-order valence-corrected chi connectivity index (χ1v) is 9.36. The highest BCUT2D eigenvalue weighted by atomic mass is 16.2. The predicted molar refractivity (Wildman–Crippen MR) is 104 cm³/mol. The molecule has 142 valence electrons. The fourth-order valence-electron chi connectivity index (χ4n) is 3.80. The van der Waals surface area contributed by atoms with E-state index in [0.29, 0.717) is 24.0 Å². The van der Waals surface area contributed by atoms with Crippen molar-refractivity contribution in [3.8, 4) is 0 Å². The summed E-state index contributed by atoms with van der Waals surface area (Å²) in [5, 5.41) is 3.64. The number of carbonyl (C=O) groups excluding carboxylic acids is 3. The molecule has 1 fully saturated rings. The standard InChI is InChI=1S/C22H21N3O3/c26-19(16-10-4-1-5-11-16)24-25-20(27)22(23-21(25)28,17-12-6-2-7-13-17)18-14-8-3-9-15-18/h1-4,6-9,12-16H,5,10-11H2,(H,23,28)(H,24,26). The largest absolute Gasteiger partial charge is 0.344 e. The zero-order chi connectivity index (χ0) is 19.6. The van der Waals surface area contributed by atoms with E-state index >= 15 is 0 Å². The quantitative estimate of drug-likeness (QED) is 0.637. The van der Waals surface area contributed by atoms with Gasteiger partial charge in [-0.05, 0) is 30.4 Å². The maximum atomic E-state index is 13.5. The SMILES string of the molecule is O=C(NN1C(=O)NC(c2ccccc2)(c2ccccc2)C1=O)C1CC=CCC1. The molecule has 2 aromatic carbocycles. The van der Waals surface area contributed by atoms with Crippen LogP contribution in [0.25, 0.3) is 0 Å². The van der Waals surface area contributed by atoms with Gasteiger partial charge in [-0.3, -0.25) is 15.0 Å².